The van der Waals surface area contributed by atoms with Crippen molar-refractivity contribution in [3.8, 4) is 28.6 Å². The Bertz CT molecular complexity index is 1150. The maximum atomic E-state index is 13.4. The number of carbonyl (C=O) groups excluding carboxylic acids is 1. The van der Waals surface area contributed by atoms with Gasteiger partial charge in [-0.05, 0) is 60.7 Å². The van der Waals surface area contributed by atoms with E-state index in [1.807, 2.05) is 36.4 Å². The van der Waals surface area contributed by atoms with E-state index >= 15 is 0 Å². The topological polar surface area (TPSA) is 57.9 Å². The van der Waals surface area contributed by atoms with E-state index in [0.717, 1.165) is 16.7 Å². The van der Waals surface area contributed by atoms with Crippen LogP contribution in [0.25, 0.3) is 22.3 Å². The van der Waals surface area contributed by atoms with Crippen LogP contribution in [-0.2, 0) is 0 Å². The molecule has 0 spiro atoms. The molecule has 0 aliphatic rings. The quantitative estimate of drug-likeness (QED) is 0.408. The van der Waals surface area contributed by atoms with Crippen LogP contribution in [0.2, 0.25) is 0 Å². The van der Waals surface area contributed by atoms with Crippen molar-refractivity contribution in [3.63, 3.8) is 0 Å². The second-order valence-corrected chi connectivity index (χ2v) is 6.39. The van der Waals surface area contributed by atoms with Gasteiger partial charge < -0.3 is 18.6 Å². The summed E-state index contributed by atoms with van der Waals surface area (Å²) in [5, 5.41) is 0.721. The monoisotopic (exact) mass is 387 g/mol. The number of ketones is 1. The van der Waals surface area contributed by atoms with Crippen LogP contribution < -0.4 is 14.2 Å². The Morgan fingerprint density at radius 3 is 2.07 bits per heavy atom. The van der Waals surface area contributed by atoms with Crippen LogP contribution >= 0.6 is 0 Å². The summed E-state index contributed by atoms with van der Waals surface area (Å²) in [5.41, 5.74) is 2.38. The van der Waals surface area contributed by atoms with Crippen molar-refractivity contribution in [2.24, 2.45) is 0 Å². The first-order valence-corrected chi connectivity index (χ1v) is 8.96. The van der Waals surface area contributed by atoms with Crippen LogP contribution in [0, 0.1) is 7.11 Å². The summed E-state index contributed by atoms with van der Waals surface area (Å²) < 4.78 is 21.6. The average Bonchev–Trinajstić information content (AvgIpc) is 3.17. The van der Waals surface area contributed by atoms with E-state index < -0.39 is 0 Å². The zero-order valence-corrected chi connectivity index (χ0v) is 16.1. The molecule has 0 aliphatic heterocycles. The van der Waals surface area contributed by atoms with Crippen molar-refractivity contribution >= 4 is 16.8 Å². The Kier molecular flexibility index (Phi) is 4.96. The number of fused-ring (bicyclic) bond motifs is 1. The van der Waals surface area contributed by atoms with Gasteiger partial charge in [-0.25, -0.2) is 0 Å². The molecule has 5 nitrogen and oxygen atoms in total. The average molecular weight is 387 g/mol. The molecular weight excluding hydrogens is 368 g/mol. The van der Waals surface area contributed by atoms with Gasteiger partial charge in [0.25, 0.3) is 0 Å². The highest BCUT2D eigenvalue weighted by Crippen LogP contribution is 2.37. The first kappa shape index (κ1) is 18.6. The SMILES string of the molecule is [CH2]Oc1ccc(C(=O)c2c(-c3ccc(OC)cc3)oc3cc(OC)ccc23)cc1. The van der Waals surface area contributed by atoms with Crippen LogP contribution in [0.4, 0.5) is 0 Å². The number of rotatable bonds is 6. The summed E-state index contributed by atoms with van der Waals surface area (Å²) in [6, 6.07) is 19.7. The molecule has 4 rings (SSSR count). The Morgan fingerprint density at radius 2 is 1.45 bits per heavy atom. The van der Waals surface area contributed by atoms with Crippen molar-refractivity contribution in [1.29, 1.82) is 0 Å². The first-order chi connectivity index (χ1) is 14.1. The Balaban J connectivity index is 1.89. The molecule has 0 aliphatic carbocycles. The molecule has 145 valence electrons. The van der Waals surface area contributed by atoms with Gasteiger partial charge in [0.05, 0.1) is 19.8 Å². The molecule has 29 heavy (non-hydrogen) atoms. The summed E-state index contributed by atoms with van der Waals surface area (Å²) in [6.07, 6.45) is 0. The first-order valence-electron chi connectivity index (χ1n) is 8.96. The molecular formula is C24H19O5. The van der Waals surface area contributed by atoms with Gasteiger partial charge in [0.1, 0.15) is 35.7 Å². The molecule has 0 N–H and O–H groups in total. The van der Waals surface area contributed by atoms with Gasteiger partial charge in [-0.2, -0.15) is 0 Å². The third kappa shape index (κ3) is 3.43. The van der Waals surface area contributed by atoms with Gasteiger partial charge in [0.2, 0.25) is 0 Å². The number of furan rings is 1. The Morgan fingerprint density at radius 1 is 0.828 bits per heavy atom. The predicted molar refractivity (Wildman–Crippen MR) is 111 cm³/mol. The van der Waals surface area contributed by atoms with E-state index in [1.54, 1.807) is 44.6 Å². The summed E-state index contributed by atoms with van der Waals surface area (Å²) in [5.74, 6) is 2.32. The molecule has 0 saturated carbocycles. The highest BCUT2D eigenvalue weighted by atomic mass is 16.5. The Labute approximate surface area is 168 Å². The number of hydrogen-bond acceptors (Lipinski definition) is 5. The minimum absolute atomic E-state index is 0.143. The maximum absolute atomic E-state index is 13.4. The molecule has 4 aromatic rings. The minimum Gasteiger partial charge on any atom is -0.497 e. The predicted octanol–water partition coefficient (Wildman–Crippen LogP) is 5.52. The zero-order chi connectivity index (χ0) is 20.4. The fraction of sp³-hybridized carbons (Fsp3) is 0.0833. The molecule has 5 heteroatoms. The van der Waals surface area contributed by atoms with Gasteiger partial charge in [-0.3, -0.25) is 4.79 Å². The van der Waals surface area contributed by atoms with Gasteiger partial charge >= 0.3 is 0 Å². The van der Waals surface area contributed by atoms with E-state index in [2.05, 4.69) is 7.11 Å². The number of ether oxygens (including phenoxy) is 3. The lowest BCUT2D eigenvalue weighted by Gasteiger charge is -2.06. The lowest BCUT2D eigenvalue weighted by atomic mass is 9.97. The molecule has 0 amide bonds. The number of benzene rings is 3. The Hall–Kier alpha value is -3.73. The molecule has 1 radical (unpaired) electrons. The van der Waals surface area contributed by atoms with Gasteiger partial charge in [0.15, 0.2) is 5.78 Å². The lowest BCUT2D eigenvalue weighted by molar-refractivity contribution is 0.104. The number of carbonyl (C=O) groups is 1. The lowest BCUT2D eigenvalue weighted by Crippen LogP contribution is -2.02. The molecule has 0 saturated heterocycles. The smallest absolute Gasteiger partial charge is 0.197 e. The number of methoxy groups -OCH3 is 2. The maximum Gasteiger partial charge on any atom is 0.197 e. The molecule has 0 fully saturated rings. The zero-order valence-electron chi connectivity index (χ0n) is 16.1. The molecule has 0 bridgehead atoms. The van der Waals surface area contributed by atoms with E-state index in [0.29, 0.717) is 34.0 Å². The molecule has 1 aromatic heterocycles. The summed E-state index contributed by atoms with van der Waals surface area (Å²) >= 11 is 0. The van der Waals surface area contributed by atoms with Crippen molar-refractivity contribution in [2.75, 3.05) is 14.2 Å². The summed E-state index contributed by atoms with van der Waals surface area (Å²) in [7, 11) is 6.58. The fourth-order valence-electron chi connectivity index (χ4n) is 3.22. The second kappa shape index (κ2) is 7.72. The van der Waals surface area contributed by atoms with Crippen molar-refractivity contribution < 1.29 is 23.4 Å². The highest BCUT2D eigenvalue weighted by Gasteiger charge is 2.23. The van der Waals surface area contributed by atoms with E-state index in [1.165, 1.54) is 0 Å². The second-order valence-electron chi connectivity index (χ2n) is 6.39. The van der Waals surface area contributed by atoms with Crippen LogP contribution in [0.5, 0.6) is 17.2 Å². The van der Waals surface area contributed by atoms with Crippen LogP contribution in [-0.4, -0.2) is 20.0 Å². The standard InChI is InChI=1S/C24H19O5/c1-26-17-8-4-15(5-9-17)23(25)22-20-13-12-19(28-3)14-21(20)29-24(22)16-6-10-18(27-2)11-7-16/h4-14H,1H2,2-3H3. The van der Waals surface area contributed by atoms with E-state index in [9.17, 15) is 4.79 Å². The molecule has 0 atom stereocenters. The van der Waals surface area contributed by atoms with Crippen LogP contribution in [0.15, 0.2) is 71.1 Å². The van der Waals surface area contributed by atoms with Crippen molar-refractivity contribution in [2.45, 2.75) is 0 Å². The normalized spacial score (nSPS) is 10.7. The van der Waals surface area contributed by atoms with E-state index in [-0.39, 0.29) is 5.78 Å². The van der Waals surface area contributed by atoms with E-state index in [4.69, 9.17) is 18.6 Å². The van der Waals surface area contributed by atoms with Crippen LogP contribution in [0.3, 0.4) is 0 Å². The summed E-state index contributed by atoms with van der Waals surface area (Å²) in [4.78, 5) is 13.4. The largest absolute Gasteiger partial charge is 0.497 e. The van der Waals surface area contributed by atoms with Crippen LogP contribution in [0.1, 0.15) is 15.9 Å². The molecule has 3 aromatic carbocycles. The highest BCUT2D eigenvalue weighted by molar-refractivity contribution is 6.19. The van der Waals surface area contributed by atoms with Crippen molar-refractivity contribution in [1.82, 2.24) is 0 Å². The minimum atomic E-state index is -0.143. The van der Waals surface area contributed by atoms with Gasteiger partial charge in [-0.15, -0.1) is 0 Å². The number of hydrogen-bond donors (Lipinski definition) is 0. The van der Waals surface area contributed by atoms with Gasteiger partial charge in [-0.1, -0.05) is 0 Å². The van der Waals surface area contributed by atoms with Crippen molar-refractivity contribution in [3.05, 3.63) is 85.0 Å². The van der Waals surface area contributed by atoms with Gasteiger partial charge in [0, 0.05) is 22.6 Å². The third-order valence-electron chi connectivity index (χ3n) is 4.76. The molecule has 1 heterocycles. The fourth-order valence-corrected chi connectivity index (χ4v) is 3.22. The summed E-state index contributed by atoms with van der Waals surface area (Å²) in [6.45, 7) is 0. The molecule has 0 unspecified atom stereocenters. The third-order valence-corrected chi connectivity index (χ3v) is 4.76.